The van der Waals surface area contributed by atoms with Crippen molar-refractivity contribution in [2.75, 3.05) is 13.2 Å². The minimum atomic E-state index is -0.844. The average Bonchev–Trinajstić information content (AvgIpc) is 3.04. The number of hydrogen-bond donors (Lipinski definition) is 1. The third-order valence-electron chi connectivity index (χ3n) is 9.11. The largest absolute Gasteiger partial charge is 0.462 e. The lowest BCUT2D eigenvalue weighted by molar-refractivity contribution is 0.0525. The number of nitrogens with two attached hydrogens (primary N) is 1. The molecular weight excluding hydrogens is 614 g/mol. The highest BCUT2D eigenvalue weighted by atomic mass is 19.2. The zero-order valence-corrected chi connectivity index (χ0v) is 25.9. The zero-order chi connectivity index (χ0) is 33.6. The van der Waals surface area contributed by atoms with Crippen molar-refractivity contribution in [3.05, 3.63) is 118 Å². The lowest BCUT2D eigenvalue weighted by Gasteiger charge is -2.42. The molecule has 2 aromatic heterocycles. The van der Waals surface area contributed by atoms with Crippen molar-refractivity contribution in [3.8, 4) is 0 Å². The van der Waals surface area contributed by atoms with Crippen molar-refractivity contribution in [2.45, 2.75) is 69.1 Å². The predicted molar refractivity (Wildman–Crippen MR) is 165 cm³/mol. The Morgan fingerprint density at radius 1 is 0.702 bits per heavy atom. The van der Waals surface area contributed by atoms with Crippen LogP contribution >= 0.6 is 0 Å². The van der Waals surface area contributed by atoms with Crippen molar-refractivity contribution in [1.82, 2.24) is 19.9 Å². The molecule has 8 nitrogen and oxygen atoms in total. The number of carbonyl (C=O) groups is 2. The van der Waals surface area contributed by atoms with Crippen molar-refractivity contribution in [1.29, 1.82) is 0 Å². The van der Waals surface area contributed by atoms with Gasteiger partial charge >= 0.3 is 5.97 Å². The van der Waals surface area contributed by atoms with E-state index < -0.39 is 29.2 Å². The van der Waals surface area contributed by atoms with Gasteiger partial charge in [0.15, 0.2) is 29.1 Å². The fourth-order valence-electron chi connectivity index (χ4n) is 6.07. The van der Waals surface area contributed by atoms with Crippen LogP contribution in [0.2, 0.25) is 0 Å². The number of ketones is 1. The van der Waals surface area contributed by atoms with Gasteiger partial charge in [0.05, 0.1) is 24.3 Å². The Labute approximate surface area is 269 Å². The van der Waals surface area contributed by atoms with Crippen molar-refractivity contribution in [3.63, 3.8) is 0 Å². The molecule has 0 atom stereocenters. The summed E-state index contributed by atoms with van der Waals surface area (Å²) in [5, 5.41) is 0. The van der Waals surface area contributed by atoms with E-state index in [1.165, 1.54) is 36.9 Å². The van der Waals surface area contributed by atoms with E-state index in [-0.39, 0.29) is 23.2 Å². The van der Waals surface area contributed by atoms with Crippen molar-refractivity contribution < 1.29 is 31.9 Å². The number of benzene rings is 2. The van der Waals surface area contributed by atoms with Crippen LogP contribution in [-0.4, -0.2) is 44.8 Å². The van der Waals surface area contributed by atoms with E-state index in [4.69, 9.17) is 10.5 Å². The molecule has 4 aromatic rings. The van der Waals surface area contributed by atoms with Crippen molar-refractivity contribution >= 4 is 11.8 Å². The Morgan fingerprint density at radius 2 is 1.13 bits per heavy atom. The summed E-state index contributed by atoms with van der Waals surface area (Å²) in [7, 11) is 0. The molecule has 2 heterocycles. The molecule has 2 aliphatic rings. The molecule has 2 N–H and O–H groups in total. The van der Waals surface area contributed by atoms with E-state index >= 15 is 0 Å². The topological polar surface area (TPSA) is 121 Å². The van der Waals surface area contributed by atoms with Gasteiger partial charge in [-0.25, -0.2) is 42.3 Å². The SMILES string of the molecule is CCOC(=O)c1cnc(CC2(c3ccc(F)c(F)c3)CCC2)nc1.NCC(=O)c1cnc(CC2(c3ccc(F)c(F)c3)CCC2)nc1. The summed E-state index contributed by atoms with van der Waals surface area (Å²) < 4.78 is 58.3. The van der Waals surface area contributed by atoms with Crippen LogP contribution in [0.4, 0.5) is 17.6 Å². The summed E-state index contributed by atoms with van der Waals surface area (Å²) in [5.41, 5.74) is 7.01. The summed E-state index contributed by atoms with van der Waals surface area (Å²) in [4.78, 5) is 40.0. The van der Waals surface area contributed by atoms with Crippen molar-refractivity contribution in [2.24, 2.45) is 5.73 Å². The number of esters is 1. The number of carbonyl (C=O) groups excluding carboxylic acids is 2. The number of rotatable bonds is 10. The molecule has 0 unspecified atom stereocenters. The smallest absolute Gasteiger partial charge is 0.341 e. The van der Waals surface area contributed by atoms with Gasteiger partial charge in [0.25, 0.3) is 0 Å². The summed E-state index contributed by atoms with van der Waals surface area (Å²) in [5.74, 6) is -2.86. The fourth-order valence-corrected chi connectivity index (χ4v) is 6.07. The minimum Gasteiger partial charge on any atom is -0.462 e. The quantitative estimate of drug-likeness (QED) is 0.123. The van der Waals surface area contributed by atoms with E-state index in [9.17, 15) is 27.2 Å². The minimum absolute atomic E-state index is 0.0818. The number of Topliss-reactive ketones (excluding diaryl/α,β-unsaturated/α-hetero) is 1. The molecular formula is C35H35F4N5O3. The first-order chi connectivity index (χ1) is 22.6. The van der Waals surface area contributed by atoms with E-state index in [1.807, 2.05) is 0 Å². The lowest BCUT2D eigenvalue weighted by atomic mass is 9.62. The van der Waals surface area contributed by atoms with Gasteiger partial charge in [0, 0.05) is 48.5 Å². The van der Waals surface area contributed by atoms with Gasteiger partial charge < -0.3 is 10.5 Å². The van der Waals surface area contributed by atoms with Crippen LogP contribution in [0.15, 0.2) is 61.2 Å². The lowest BCUT2D eigenvalue weighted by Crippen LogP contribution is -2.37. The van der Waals surface area contributed by atoms with Crippen LogP contribution in [0, 0.1) is 23.3 Å². The first kappa shape index (κ1) is 33.8. The van der Waals surface area contributed by atoms with E-state index in [1.54, 1.807) is 19.1 Å². The van der Waals surface area contributed by atoms with Gasteiger partial charge in [-0.05, 0) is 68.0 Å². The Kier molecular flexibility index (Phi) is 10.4. The molecule has 0 radical (unpaired) electrons. The standard InChI is InChI=1S/C18H18F2N2O2.C17H17F2N3O/c1-2-24-17(23)12-10-21-16(22-11-12)9-18(6-3-7-18)13-4-5-14(19)15(20)8-13;18-13-3-2-12(6-14(13)19)17(4-1-5-17)7-16-21-9-11(10-22-16)15(23)8-20/h4-5,8,10-11H,2-3,6-7,9H2,1H3;2-3,6,9-10H,1,4-5,7-8,20H2. The van der Waals surface area contributed by atoms with Crippen LogP contribution in [-0.2, 0) is 28.4 Å². The number of halogens is 4. The van der Waals surface area contributed by atoms with Crippen LogP contribution < -0.4 is 5.73 Å². The molecule has 0 bridgehead atoms. The summed E-state index contributed by atoms with van der Waals surface area (Å²) in [6, 6.07) is 8.11. The maximum atomic E-state index is 13.6. The Hall–Kier alpha value is -4.58. The zero-order valence-electron chi connectivity index (χ0n) is 25.9. The van der Waals surface area contributed by atoms with Gasteiger partial charge in [0.1, 0.15) is 11.6 Å². The van der Waals surface area contributed by atoms with Gasteiger partial charge in [-0.2, -0.15) is 0 Å². The second kappa shape index (κ2) is 14.5. The highest BCUT2D eigenvalue weighted by Crippen LogP contribution is 2.47. The normalized spacial score (nSPS) is 15.8. The van der Waals surface area contributed by atoms with E-state index in [2.05, 4.69) is 19.9 Å². The Bertz CT molecular complexity index is 1730. The predicted octanol–water partition coefficient (Wildman–Crippen LogP) is 6.16. The summed E-state index contributed by atoms with van der Waals surface area (Å²) in [6.07, 6.45) is 12.5. The third kappa shape index (κ3) is 7.54. The maximum Gasteiger partial charge on any atom is 0.341 e. The molecule has 2 aromatic carbocycles. The Morgan fingerprint density at radius 3 is 1.47 bits per heavy atom. The molecule has 2 fully saturated rings. The molecule has 246 valence electrons. The van der Waals surface area contributed by atoms with Crippen LogP contribution in [0.25, 0.3) is 0 Å². The first-order valence-corrected chi connectivity index (χ1v) is 15.5. The van der Waals surface area contributed by atoms with Crippen LogP contribution in [0.1, 0.15) is 88.9 Å². The highest BCUT2D eigenvalue weighted by Gasteiger charge is 2.41. The van der Waals surface area contributed by atoms with Gasteiger partial charge in [-0.1, -0.05) is 25.0 Å². The van der Waals surface area contributed by atoms with Crippen LogP contribution in [0.5, 0.6) is 0 Å². The van der Waals surface area contributed by atoms with Gasteiger partial charge in [-0.3, -0.25) is 4.79 Å². The van der Waals surface area contributed by atoms with Gasteiger partial charge in [-0.15, -0.1) is 0 Å². The number of nitrogens with zero attached hydrogens (tertiary/aromatic N) is 4. The summed E-state index contributed by atoms with van der Waals surface area (Å²) in [6.45, 7) is 1.94. The summed E-state index contributed by atoms with van der Waals surface area (Å²) >= 11 is 0. The highest BCUT2D eigenvalue weighted by molar-refractivity contribution is 5.96. The fraction of sp³-hybridized carbons (Fsp3) is 0.371. The molecule has 0 spiro atoms. The molecule has 12 heteroatoms. The number of ether oxygens (including phenoxy) is 1. The first-order valence-electron chi connectivity index (χ1n) is 15.5. The second-order valence-electron chi connectivity index (χ2n) is 12.0. The second-order valence-corrected chi connectivity index (χ2v) is 12.0. The van der Waals surface area contributed by atoms with E-state index in [0.29, 0.717) is 42.2 Å². The molecule has 0 saturated heterocycles. The monoisotopic (exact) mass is 649 g/mol. The third-order valence-corrected chi connectivity index (χ3v) is 9.11. The van der Waals surface area contributed by atoms with Crippen LogP contribution in [0.3, 0.4) is 0 Å². The molecule has 2 aliphatic carbocycles. The van der Waals surface area contributed by atoms with E-state index in [0.717, 1.165) is 61.8 Å². The van der Waals surface area contributed by atoms with Gasteiger partial charge in [0.2, 0.25) is 0 Å². The maximum absolute atomic E-state index is 13.6. The Balaban J connectivity index is 0.000000185. The number of aromatic nitrogens is 4. The average molecular weight is 650 g/mol. The molecule has 6 rings (SSSR count). The molecule has 0 aliphatic heterocycles. The molecule has 0 amide bonds. The number of hydrogen-bond acceptors (Lipinski definition) is 8. The molecule has 47 heavy (non-hydrogen) atoms. The molecule has 2 saturated carbocycles.